The molecule has 2 radical (unpaired) electrons. The molecule has 7 heavy (non-hydrogen) atoms. The third-order valence-corrected chi connectivity index (χ3v) is 0. The standard InChI is InChI=1S/Na.H2O3S2.Sn.3H/c;1-5(2,3)4;;;;/h;(H2,1,2,3,4);;;;. The van der Waals surface area contributed by atoms with Gasteiger partial charge in [0.25, 0.3) is 0 Å². The normalized spacial score (nSPS) is 8.29. The Morgan fingerprint density at radius 1 is 1.43 bits per heavy atom. The summed E-state index contributed by atoms with van der Waals surface area (Å²) in [5.74, 6) is 0. The molecule has 7 heteroatoms. The van der Waals surface area contributed by atoms with Gasteiger partial charge in [-0.15, -0.1) is 0 Å². The fraction of sp³-hybridized carbons (Fsp3) is 0. The molecule has 1 N–H and O–H groups in total. The third kappa shape index (κ3) is 69.8. The van der Waals surface area contributed by atoms with Gasteiger partial charge >= 0.3 is 62.6 Å². The van der Waals surface area contributed by atoms with Gasteiger partial charge in [-0.25, -0.2) is 0 Å². The molecule has 0 fully saturated rings. The molecule has 0 unspecified atom stereocenters. The molecule has 0 aromatic heterocycles. The van der Waals surface area contributed by atoms with Gasteiger partial charge < -0.3 is 0 Å². The Morgan fingerprint density at radius 3 is 1.43 bits per heavy atom. The predicted molar refractivity (Wildman–Crippen MR) is 36.2 cm³/mol. The van der Waals surface area contributed by atoms with Crippen LogP contribution in [0.1, 0.15) is 0 Å². The fourth-order valence-electron chi connectivity index (χ4n) is 0. The van der Waals surface area contributed by atoms with E-state index in [9.17, 15) is 0 Å². The van der Waals surface area contributed by atoms with Crippen LogP contribution in [0.2, 0.25) is 0 Å². The molecule has 0 aliphatic carbocycles. The average Bonchev–Trinajstić information content (AvgIpc) is 0.722. The molecule has 0 heterocycles. The molecule has 40 valence electrons. The van der Waals surface area contributed by atoms with E-state index >= 15 is 0 Å². The molecule has 0 aromatic rings. The van der Waals surface area contributed by atoms with Gasteiger partial charge in [-0.05, 0) is 11.7 Å². The minimum absolute atomic E-state index is 0. The summed E-state index contributed by atoms with van der Waals surface area (Å²) in [5.41, 5.74) is 0. The summed E-state index contributed by atoms with van der Waals surface area (Å²) in [6, 6.07) is 0. The molecule has 0 amide bonds. The van der Waals surface area contributed by atoms with Crippen LogP contribution in [0, 0.1) is 0 Å². The van der Waals surface area contributed by atoms with Crippen LogP contribution in [0.5, 0.6) is 0 Å². The van der Waals surface area contributed by atoms with Crippen LogP contribution >= 0.6 is 11.7 Å². The predicted octanol–water partition coefficient (Wildman–Crippen LogP) is -1.85. The van der Waals surface area contributed by atoms with Crippen LogP contribution in [0.15, 0.2) is 0 Å². The molecular formula is H5NaO3S2Sn. The maximum atomic E-state index is 9.05. The van der Waals surface area contributed by atoms with Crippen molar-refractivity contribution in [3.05, 3.63) is 0 Å². The van der Waals surface area contributed by atoms with Gasteiger partial charge in [0.2, 0.25) is 0 Å². The topological polar surface area (TPSA) is 54.4 Å². The second kappa shape index (κ2) is 6.18. The first kappa shape index (κ1) is 16.0. The zero-order valence-electron chi connectivity index (χ0n) is 2.83. The summed E-state index contributed by atoms with van der Waals surface area (Å²) in [6.07, 6.45) is 0. The molecule has 0 bridgehead atoms. The Morgan fingerprint density at radius 2 is 1.43 bits per heavy atom. The summed E-state index contributed by atoms with van der Waals surface area (Å²) in [6.45, 7) is 0. The molecule has 0 aromatic carbocycles. The Kier molecular flexibility index (Phi) is 14.2. The van der Waals surface area contributed by atoms with Crippen molar-refractivity contribution in [3.8, 4) is 0 Å². The van der Waals surface area contributed by atoms with Crippen molar-refractivity contribution in [3.63, 3.8) is 0 Å². The summed E-state index contributed by atoms with van der Waals surface area (Å²) >= 11 is 2.65. The van der Waals surface area contributed by atoms with Crippen LogP contribution < -0.4 is 0 Å². The van der Waals surface area contributed by atoms with Crippen LogP contribution in [0.3, 0.4) is 0 Å². The number of thiol groups is 1. The van der Waals surface area contributed by atoms with E-state index in [2.05, 4.69) is 11.7 Å². The van der Waals surface area contributed by atoms with Crippen molar-refractivity contribution >= 4 is 74.3 Å². The van der Waals surface area contributed by atoms with Gasteiger partial charge in [-0.2, -0.15) is 8.42 Å². The van der Waals surface area contributed by atoms with E-state index < -0.39 is 9.15 Å². The maximum absolute atomic E-state index is 9.05. The first-order chi connectivity index (χ1) is 2.00. The Bertz CT molecular complexity index is 96.1. The molecular weight excluding hydrogens is 254 g/mol. The van der Waals surface area contributed by atoms with E-state index in [0.717, 1.165) is 0 Å². The van der Waals surface area contributed by atoms with Gasteiger partial charge in [-0.1, -0.05) is 0 Å². The number of hydrogen-bond acceptors (Lipinski definition) is 2. The summed E-state index contributed by atoms with van der Waals surface area (Å²) in [7, 11) is -3.97. The molecule has 0 atom stereocenters. The van der Waals surface area contributed by atoms with Crippen LogP contribution in [-0.4, -0.2) is 66.4 Å². The first-order valence-electron chi connectivity index (χ1n) is 0.698. The molecule has 0 saturated carbocycles. The van der Waals surface area contributed by atoms with E-state index in [-0.39, 0.29) is 53.5 Å². The van der Waals surface area contributed by atoms with Crippen LogP contribution in [-0.2, 0) is 9.15 Å². The van der Waals surface area contributed by atoms with Gasteiger partial charge in [0.15, 0.2) is 0 Å². The zero-order chi connectivity index (χ0) is 4.50. The minimum atomic E-state index is -3.97. The van der Waals surface area contributed by atoms with Gasteiger partial charge in [0.1, 0.15) is 0 Å². The monoisotopic (exact) mass is 260 g/mol. The Balaban J connectivity index is -0.0000000800. The van der Waals surface area contributed by atoms with Crippen molar-refractivity contribution in [1.82, 2.24) is 0 Å². The zero-order valence-corrected chi connectivity index (χ0v) is 8.57. The molecule has 3 nitrogen and oxygen atoms in total. The third-order valence-electron chi connectivity index (χ3n) is 0. The van der Waals surface area contributed by atoms with Gasteiger partial charge in [-0.3, -0.25) is 4.55 Å². The van der Waals surface area contributed by atoms with Crippen molar-refractivity contribution in [2.24, 2.45) is 0 Å². The second-order valence-electron chi connectivity index (χ2n) is 0.448. The summed E-state index contributed by atoms with van der Waals surface area (Å²) in [4.78, 5) is 0. The van der Waals surface area contributed by atoms with E-state index in [1.165, 1.54) is 0 Å². The van der Waals surface area contributed by atoms with Crippen molar-refractivity contribution in [2.75, 3.05) is 0 Å². The van der Waals surface area contributed by atoms with Crippen molar-refractivity contribution < 1.29 is 13.0 Å². The second-order valence-corrected chi connectivity index (χ2v) is 2.73. The van der Waals surface area contributed by atoms with E-state index in [1.807, 2.05) is 0 Å². The van der Waals surface area contributed by atoms with Crippen molar-refractivity contribution in [1.29, 1.82) is 0 Å². The summed E-state index contributed by atoms with van der Waals surface area (Å²) < 4.78 is 25.5. The van der Waals surface area contributed by atoms with Crippen molar-refractivity contribution in [2.45, 2.75) is 0 Å². The molecule has 0 rings (SSSR count). The van der Waals surface area contributed by atoms with Crippen LogP contribution in [0.4, 0.5) is 0 Å². The quantitative estimate of drug-likeness (QED) is 0.232. The average molecular weight is 259 g/mol. The van der Waals surface area contributed by atoms with Crippen LogP contribution in [0.25, 0.3) is 0 Å². The fourth-order valence-corrected chi connectivity index (χ4v) is 0. The number of rotatable bonds is 0. The van der Waals surface area contributed by atoms with E-state index in [0.29, 0.717) is 0 Å². The van der Waals surface area contributed by atoms with E-state index in [4.69, 9.17) is 13.0 Å². The molecule has 0 spiro atoms. The molecule has 0 saturated heterocycles. The number of hydrogen-bond donors (Lipinski definition) is 2. The van der Waals surface area contributed by atoms with Gasteiger partial charge in [0.05, 0.1) is 0 Å². The van der Waals surface area contributed by atoms with E-state index in [1.54, 1.807) is 0 Å². The molecule has 0 aliphatic rings. The van der Waals surface area contributed by atoms with Gasteiger partial charge in [0, 0.05) is 0 Å². The first-order valence-corrected chi connectivity index (χ1v) is 3.19. The SMILES string of the molecule is O=S(=O)(O)S.[NaH].[SnH2]. The summed E-state index contributed by atoms with van der Waals surface area (Å²) in [5, 5.41) is 0. The Hall–Kier alpha value is 2.06. The Labute approximate surface area is 86.0 Å². The molecule has 0 aliphatic heterocycles.